The van der Waals surface area contributed by atoms with Crippen molar-refractivity contribution in [3.63, 3.8) is 0 Å². The van der Waals surface area contributed by atoms with Crippen molar-refractivity contribution in [3.8, 4) is 11.5 Å². The van der Waals surface area contributed by atoms with E-state index in [2.05, 4.69) is 0 Å². The van der Waals surface area contributed by atoms with Crippen LogP contribution in [0.5, 0.6) is 11.5 Å². The maximum Gasteiger partial charge on any atom is 0.344 e. The molecule has 6 nitrogen and oxygen atoms in total. The van der Waals surface area contributed by atoms with Gasteiger partial charge in [0.25, 0.3) is 0 Å². The molecule has 1 unspecified atom stereocenters. The molecule has 0 fully saturated rings. The number of hydrogen-bond donors (Lipinski definition) is 2. The maximum absolute atomic E-state index is 11.0. The van der Waals surface area contributed by atoms with E-state index in [1.165, 1.54) is 25.1 Å². The van der Waals surface area contributed by atoms with E-state index in [0.29, 0.717) is 5.75 Å². The third-order valence-electron chi connectivity index (χ3n) is 2.16. The molecule has 0 aliphatic heterocycles. The molecule has 1 atom stereocenters. The molecule has 0 aliphatic carbocycles. The number of carbonyl (C=O) groups is 2. The molecule has 2 N–H and O–H groups in total. The lowest BCUT2D eigenvalue weighted by Gasteiger charge is -2.14. The van der Waals surface area contributed by atoms with E-state index >= 15 is 0 Å². The first-order chi connectivity index (χ1) is 8.79. The first kappa shape index (κ1) is 14.8. The standard InChI is InChI=1S/C13H16O6/c1-7(2)18-10-4-9(13(16)17)5-11(6-10)19-8(3)12(14)15/h4-8H,1-3H3,(H,14,15)(H,16,17). The van der Waals surface area contributed by atoms with Crippen LogP contribution in [-0.2, 0) is 4.79 Å². The van der Waals surface area contributed by atoms with Gasteiger partial charge >= 0.3 is 11.9 Å². The Kier molecular flexibility index (Phi) is 4.74. The van der Waals surface area contributed by atoms with Crippen molar-refractivity contribution in [1.29, 1.82) is 0 Å². The van der Waals surface area contributed by atoms with Crippen LogP contribution >= 0.6 is 0 Å². The second kappa shape index (κ2) is 6.08. The summed E-state index contributed by atoms with van der Waals surface area (Å²) >= 11 is 0. The van der Waals surface area contributed by atoms with E-state index in [1.807, 2.05) is 0 Å². The van der Waals surface area contributed by atoms with Gasteiger partial charge in [0.2, 0.25) is 0 Å². The average molecular weight is 268 g/mol. The maximum atomic E-state index is 11.0. The second-order valence-corrected chi connectivity index (χ2v) is 4.26. The number of ether oxygens (including phenoxy) is 2. The summed E-state index contributed by atoms with van der Waals surface area (Å²) in [5.74, 6) is -1.80. The molecule has 0 aliphatic rings. The number of aromatic carboxylic acids is 1. The summed E-state index contributed by atoms with van der Waals surface area (Å²) < 4.78 is 10.5. The predicted molar refractivity (Wildman–Crippen MR) is 66.9 cm³/mol. The first-order valence-corrected chi connectivity index (χ1v) is 5.74. The molecule has 0 radical (unpaired) electrons. The molecule has 1 aromatic rings. The zero-order chi connectivity index (χ0) is 14.6. The van der Waals surface area contributed by atoms with Crippen LogP contribution in [0.2, 0.25) is 0 Å². The van der Waals surface area contributed by atoms with E-state index in [1.54, 1.807) is 13.8 Å². The third-order valence-corrected chi connectivity index (χ3v) is 2.16. The van der Waals surface area contributed by atoms with Gasteiger partial charge in [-0.05, 0) is 32.9 Å². The van der Waals surface area contributed by atoms with Crippen LogP contribution < -0.4 is 9.47 Å². The largest absolute Gasteiger partial charge is 0.491 e. The zero-order valence-electron chi connectivity index (χ0n) is 10.9. The van der Waals surface area contributed by atoms with Gasteiger partial charge in [0.15, 0.2) is 6.10 Å². The smallest absolute Gasteiger partial charge is 0.344 e. The summed E-state index contributed by atoms with van der Waals surface area (Å²) in [4.78, 5) is 21.7. The zero-order valence-corrected chi connectivity index (χ0v) is 10.9. The van der Waals surface area contributed by atoms with Crippen LogP contribution in [0.25, 0.3) is 0 Å². The molecule has 0 spiro atoms. The summed E-state index contributed by atoms with van der Waals surface area (Å²) in [6.07, 6.45) is -1.20. The molecule has 0 bridgehead atoms. The fraction of sp³-hybridized carbons (Fsp3) is 0.385. The van der Waals surface area contributed by atoms with Crippen molar-refractivity contribution in [3.05, 3.63) is 23.8 Å². The Morgan fingerprint density at radius 2 is 1.53 bits per heavy atom. The third kappa shape index (κ3) is 4.50. The molecule has 0 aromatic heterocycles. The van der Waals surface area contributed by atoms with Gasteiger partial charge in [0.05, 0.1) is 11.7 Å². The number of benzene rings is 1. The minimum atomic E-state index is -1.14. The molecular weight excluding hydrogens is 252 g/mol. The monoisotopic (exact) mass is 268 g/mol. The van der Waals surface area contributed by atoms with Crippen LogP contribution in [0.15, 0.2) is 18.2 Å². The fourth-order valence-corrected chi connectivity index (χ4v) is 1.36. The quantitative estimate of drug-likeness (QED) is 0.819. The normalized spacial score (nSPS) is 12.0. The van der Waals surface area contributed by atoms with Crippen molar-refractivity contribution < 1.29 is 29.3 Å². The Morgan fingerprint density at radius 1 is 1.00 bits per heavy atom. The Morgan fingerprint density at radius 3 is 1.95 bits per heavy atom. The van der Waals surface area contributed by atoms with E-state index in [0.717, 1.165) is 0 Å². The van der Waals surface area contributed by atoms with Gasteiger partial charge < -0.3 is 19.7 Å². The van der Waals surface area contributed by atoms with Gasteiger partial charge in [-0.3, -0.25) is 0 Å². The molecular formula is C13H16O6. The molecule has 6 heteroatoms. The first-order valence-electron chi connectivity index (χ1n) is 5.74. The lowest BCUT2D eigenvalue weighted by atomic mass is 10.2. The number of carboxylic acids is 2. The van der Waals surface area contributed by atoms with Gasteiger partial charge in [-0.1, -0.05) is 0 Å². The van der Waals surface area contributed by atoms with Crippen LogP contribution in [0.4, 0.5) is 0 Å². The van der Waals surface area contributed by atoms with Gasteiger partial charge in [-0.2, -0.15) is 0 Å². The summed E-state index contributed by atoms with van der Waals surface area (Å²) in [6, 6.07) is 4.08. The summed E-state index contributed by atoms with van der Waals surface area (Å²) in [5.41, 5.74) is -0.0225. The second-order valence-electron chi connectivity index (χ2n) is 4.26. The summed E-state index contributed by atoms with van der Waals surface area (Å²) in [7, 11) is 0. The summed E-state index contributed by atoms with van der Waals surface area (Å²) in [6.45, 7) is 4.96. The van der Waals surface area contributed by atoms with Gasteiger partial charge in [-0.25, -0.2) is 9.59 Å². The Balaban J connectivity index is 3.05. The Bertz CT molecular complexity index is 480. The number of aliphatic carboxylic acids is 1. The van der Waals surface area contributed by atoms with Crippen molar-refractivity contribution in [2.75, 3.05) is 0 Å². The molecule has 1 aromatic carbocycles. The minimum Gasteiger partial charge on any atom is -0.491 e. The molecule has 1 rings (SSSR count). The van der Waals surface area contributed by atoms with Crippen LogP contribution in [0, 0.1) is 0 Å². The fourth-order valence-electron chi connectivity index (χ4n) is 1.36. The lowest BCUT2D eigenvalue weighted by Crippen LogP contribution is -2.23. The van der Waals surface area contributed by atoms with E-state index in [9.17, 15) is 9.59 Å². The van der Waals surface area contributed by atoms with E-state index in [4.69, 9.17) is 19.7 Å². The number of rotatable bonds is 6. The molecule has 19 heavy (non-hydrogen) atoms. The molecule has 0 heterocycles. The average Bonchev–Trinajstić information content (AvgIpc) is 2.27. The number of hydrogen-bond acceptors (Lipinski definition) is 4. The minimum absolute atomic E-state index is 0.0225. The molecule has 104 valence electrons. The van der Waals surface area contributed by atoms with Gasteiger partial charge in [0.1, 0.15) is 11.5 Å². The molecule has 0 saturated heterocycles. The SMILES string of the molecule is CC(C)Oc1cc(OC(C)C(=O)O)cc(C(=O)O)c1. The van der Waals surface area contributed by atoms with Crippen LogP contribution in [0.1, 0.15) is 31.1 Å². The molecule has 0 amide bonds. The lowest BCUT2D eigenvalue weighted by molar-refractivity contribution is -0.144. The molecule has 0 saturated carbocycles. The highest BCUT2D eigenvalue weighted by Crippen LogP contribution is 2.25. The van der Waals surface area contributed by atoms with Gasteiger partial charge in [0, 0.05) is 6.07 Å². The van der Waals surface area contributed by atoms with Crippen molar-refractivity contribution >= 4 is 11.9 Å². The van der Waals surface area contributed by atoms with E-state index in [-0.39, 0.29) is 17.4 Å². The highest BCUT2D eigenvalue weighted by atomic mass is 16.5. The topological polar surface area (TPSA) is 93.1 Å². The number of carboxylic acid groups (broad SMARTS) is 2. The van der Waals surface area contributed by atoms with Gasteiger partial charge in [-0.15, -0.1) is 0 Å². The van der Waals surface area contributed by atoms with Crippen LogP contribution in [-0.4, -0.2) is 34.4 Å². The Labute approximate surface area is 110 Å². The highest BCUT2D eigenvalue weighted by molar-refractivity contribution is 5.88. The van der Waals surface area contributed by atoms with E-state index < -0.39 is 18.0 Å². The predicted octanol–water partition coefficient (Wildman–Crippen LogP) is 2.02. The van der Waals surface area contributed by atoms with Crippen LogP contribution in [0.3, 0.4) is 0 Å². The van der Waals surface area contributed by atoms with Crippen molar-refractivity contribution in [2.24, 2.45) is 0 Å². The van der Waals surface area contributed by atoms with Crippen molar-refractivity contribution in [1.82, 2.24) is 0 Å². The highest BCUT2D eigenvalue weighted by Gasteiger charge is 2.15. The Hall–Kier alpha value is -2.24. The van der Waals surface area contributed by atoms with Crippen molar-refractivity contribution in [2.45, 2.75) is 33.0 Å². The summed E-state index contributed by atoms with van der Waals surface area (Å²) in [5, 5.41) is 17.7.